The van der Waals surface area contributed by atoms with Gasteiger partial charge < -0.3 is 30.1 Å². The van der Waals surface area contributed by atoms with Crippen LogP contribution in [-0.4, -0.2) is 115 Å². The summed E-state index contributed by atoms with van der Waals surface area (Å²) in [7, 11) is 2.13. The molecule has 212 valence electrons. The molecule has 8 atom stereocenters. The van der Waals surface area contributed by atoms with Crippen LogP contribution in [0.5, 0.6) is 0 Å². The summed E-state index contributed by atoms with van der Waals surface area (Å²) in [5.74, 6) is -1.05. The Kier molecular flexibility index (Phi) is 8.08. The minimum absolute atomic E-state index is 0.0190. The van der Waals surface area contributed by atoms with Gasteiger partial charge in [-0.15, -0.1) is 0 Å². The van der Waals surface area contributed by atoms with Crippen molar-refractivity contribution in [1.82, 2.24) is 25.3 Å². The van der Waals surface area contributed by atoms with Crippen LogP contribution in [-0.2, 0) is 14.3 Å². The van der Waals surface area contributed by atoms with E-state index >= 15 is 4.39 Å². The van der Waals surface area contributed by atoms with Crippen LogP contribution in [0.2, 0.25) is 0 Å². The molecule has 38 heavy (non-hydrogen) atoms. The predicted octanol–water partition coefficient (Wildman–Crippen LogP) is 1.85. The maximum absolute atomic E-state index is 15.8. The Balaban J connectivity index is 1.18. The van der Waals surface area contributed by atoms with Crippen LogP contribution < -0.4 is 10.6 Å². The minimum Gasteiger partial charge on any atom is -0.369 e. The zero-order chi connectivity index (χ0) is 26.2. The molecule has 4 heterocycles. The first-order valence-corrected chi connectivity index (χ1v) is 15.3. The Bertz CT molecular complexity index is 911. The molecule has 8 nitrogen and oxygen atoms in total. The molecule has 6 aliphatic rings. The van der Waals surface area contributed by atoms with Gasteiger partial charge in [0.05, 0.1) is 35.9 Å². The zero-order valence-corrected chi connectivity index (χ0v) is 23.0. The quantitative estimate of drug-likeness (QED) is 0.463. The first-order chi connectivity index (χ1) is 18.5. The average molecular weight is 532 g/mol. The number of ketones is 1. The lowest BCUT2D eigenvalue weighted by Gasteiger charge is -2.59. The van der Waals surface area contributed by atoms with Crippen LogP contribution in [0.3, 0.4) is 0 Å². The Morgan fingerprint density at radius 2 is 1.89 bits per heavy atom. The van der Waals surface area contributed by atoms with Gasteiger partial charge in [-0.3, -0.25) is 9.59 Å². The minimum atomic E-state index is -1.17. The van der Waals surface area contributed by atoms with E-state index in [-0.39, 0.29) is 48.0 Å². The molecule has 5 fully saturated rings. The fourth-order valence-corrected chi connectivity index (χ4v) is 8.18. The summed E-state index contributed by atoms with van der Waals surface area (Å²) in [6, 6.07) is 0.00207. The van der Waals surface area contributed by atoms with E-state index in [1.165, 1.54) is 19.3 Å². The van der Waals surface area contributed by atoms with Gasteiger partial charge in [-0.05, 0) is 78.0 Å². The van der Waals surface area contributed by atoms with Crippen LogP contribution >= 0.6 is 0 Å². The van der Waals surface area contributed by atoms with Crippen LogP contribution in [0.25, 0.3) is 0 Å². The molecule has 0 aromatic carbocycles. The molecule has 0 spiro atoms. The third kappa shape index (κ3) is 5.16. The fraction of sp³-hybridized carbons (Fsp3) is 0.862. The molecule has 3 saturated heterocycles. The molecule has 6 rings (SSSR count). The fourth-order valence-electron chi connectivity index (χ4n) is 8.18. The van der Waals surface area contributed by atoms with Crippen molar-refractivity contribution in [3.05, 3.63) is 11.8 Å². The van der Waals surface area contributed by atoms with Crippen molar-refractivity contribution in [2.45, 2.75) is 107 Å². The molecule has 4 aliphatic heterocycles. The highest BCUT2D eigenvalue weighted by Crippen LogP contribution is 2.45. The van der Waals surface area contributed by atoms with Gasteiger partial charge in [0.25, 0.3) is 5.91 Å². The van der Waals surface area contributed by atoms with Gasteiger partial charge in [0.1, 0.15) is 6.17 Å². The third-order valence-corrected chi connectivity index (χ3v) is 10.3. The van der Waals surface area contributed by atoms with Crippen molar-refractivity contribution < 1.29 is 18.7 Å². The van der Waals surface area contributed by atoms with Gasteiger partial charge in [-0.2, -0.15) is 0 Å². The Labute approximate surface area is 226 Å². The number of nitrogens with one attached hydrogen (secondary N) is 2. The van der Waals surface area contributed by atoms with E-state index in [0.29, 0.717) is 12.6 Å². The molecule has 0 radical (unpaired) electrons. The molecule has 0 bridgehead atoms. The highest BCUT2D eigenvalue weighted by Gasteiger charge is 2.58. The number of Topliss-reactive ketones (excluding diaryl/α,β-unsaturated/α-hetero) is 1. The van der Waals surface area contributed by atoms with Gasteiger partial charge in [0, 0.05) is 37.8 Å². The number of alkyl halides is 1. The van der Waals surface area contributed by atoms with Crippen molar-refractivity contribution in [2.75, 3.05) is 46.3 Å². The lowest BCUT2D eigenvalue weighted by atomic mass is 9.69. The molecule has 2 N–H and O–H groups in total. The second-order valence-corrected chi connectivity index (χ2v) is 12.5. The second-order valence-electron chi connectivity index (χ2n) is 12.5. The summed E-state index contributed by atoms with van der Waals surface area (Å²) < 4.78 is 22.5. The number of likely N-dealkylation sites (tertiary alicyclic amines) is 2. The van der Waals surface area contributed by atoms with E-state index in [4.69, 9.17) is 4.74 Å². The molecule has 0 aromatic heterocycles. The molecule has 0 aromatic rings. The van der Waals surface area contributed by atoms with Crippen molar-refractivity contribution in [1.29, 1.82) is 0 Å². The molecular formula is C29H46FN5O3. The maximum Gasteiger partial charge on any atom is 0.256 e. The Morgan fingerprint density at radius 3 is 2.68 bits per heavy atom. The number of carbonyl (C=O) groups is 2. The normalized spacial score (nSPS) is 39.6. The van der Waals surface area contributed by atoms with Gasteiger partial charge >= 0.3 is 0 Å². The molecule has 2 saturated carbocycles. The second kappa shape index (κ2) is 11.5. The summed E-state index contributed by atoms with van der Waals surface area (Å²) >= 11 is 0. The third-order valence-electron chi connectivity index (χ3n) is 10.3. The SMILES string of the molecule is CN1CCCC1CCNC(=O)C1=CN2C3CCCCC3OC3C(NCCN4CCCC4)C(F)CC(C1=O)C32. The van der Waals surface area contributed by atoms with Crippen LogP contribution in [0.1, 0.15) is 64.2 Å². The van der Waals surface area contributed by atoms with E-state index < -0.39 is 18.1 Å². The van der Waals surface area contributed by atoms with Crippen LogP contribution in [0.4, 0.5) is 4.39 Å². The number of morpholine rings is 1. The molecule has 9 heteroatoms. The smallest absolute Gasteiger partial charge is 0.256 e. The van der Waals surface area contributed by atoms with Gasteiger partial charge in [-0.1, -0.05) is 12.8 Å². The monoisotopic (exact) mass is 531 g/mol. The van der Waals surface area contributed by atoms with Gasteiger partial charge in [0.2, 0.25) is 0 Å². The Hall–Kier alpha value is -1.55. The molecular weight excluding hydrogens is 485 g/mol. The number of nitrogens with zero attached hydrogens (tertiary/aromatic N) is 3. The summed E-state index contributed by atoms with van der Waals surface area (Å²) in [5, 5.41) is 6.53. The van der Waals surface area contributed by atoms with Crippen molar-refractivity contribution >= 4 is 11.7 Å². The van der Waals surface area contributed by atoms with E-state index in [1.54, 1.807) is 0 Å². The lowest BCUT2D eigenvalue weighted by molar-refractivity contribution is -0.197. The largest absolute Gasteiger partial charge is 0.369 e. The molecule has 2 aliphatic carbocycles. The first-order valence-electron chi connectivity index (χ1n) is 15.3. The molecule has 1 amide bonds. The van der Waals surface area contributed by atoms with E-state index in [2.05, 4.69) is 32.4 Å². The highest BCUT2D eigenvalue weighted by molar-refractivity contribution is 6.20. The number of ether oxygens (including phenoxy) is 1. The van der Waals surface area contributed by atoms with Gasteiger partial charge in [-0.25, -0.2) is 4.39 Å². The topological polar surface area (TPSA) is 77.2 Å². The van der Waals surface area contributed by atoms with E-state index in [9.17, 15) is 9.59 Å². The number of hydrogen-bond donors (Lipinski definition) is 2. The van der Waals surface area contributed by atoms with E-state index in [0.717, 1.165) is 71.2 Å². The summed E-state index contributed by atoms with van der Waals surface area (Å²) in [4.78, 5) is 34.0. The zero-order valence-electron chi connectivity index (χ0n) is 23.0. The maximum atomic E-state index is 15.8. The number of amides is 1. The molecule has 8 unspecified atom stereocenters. The van der Waals surface area contributed by atoms with Crippen molar-refractivity contribution in [3.8, 4) is 0 Å². The van der Waals surface area contributed by atoms with Crippen LogP contribution in [0, 0.1) is 5.92 Å². The predicted molar refractivity (Wildman–Crippen MR) is 143 cm³/mol. The summed E-state index contributed by atoms with van der Waals surface area (Å²) in [6.07, 6.45) is 10.3. The van der Waals surface area contributed by atoms with Crippen LogP contribution in [0.15, 0.2) is 11.8 Å². The van der Waals surface area contributed by atoms with Crippen molar-refractivity contribution in [3.63, 3.8) is 0 Å². The number of rotatable bonds is 8. The standard InChI is InChI=1S/C29H46FN5O3/c1-33-13-6-7-19(33)10-11-32-29(37)21-18-35-23-8-2-3-9-24(23)38-28-25(31-12-16-34-14-4-5-15-34)22(30)17-20(26(28)35)27(21)36/h18-20,22-26,28,31H,2-17H2,1H3,(H,32,37). The summed E-state index contributed by atoms with van der Waals surface area (Å²) in [5.41, 5.74) is 0.212. The number of halogens is 1. The van der Waals surface area contributed by atoms with Gasteiger partial charge in [0.15, 0.2) is 5.78 Å². The first kappa shape index (κ1) is 26.7. The number of hydrogen-bond acceptors (Lipinski definition) is 7. The van der Waals surface area contributed by atoms with E-state index in [1.807, 2.05) is 6.20 Å². The average Bonchev–Trinajstić information content (AvgIpc) is 3.58. The van der Waals surface area contributed by atoms with Crippen molar-refractivity contribution in [2.24, 2.45) is 5.92 Å². The number of carbonyl (C=O) groups excluding carboxylic acids is 2. The Morgan fingerprint density at radius 1 is 1.08 bits per heavy atom. The summed E-state index contributed by atoms with van der Waals surface area (Å²) in [6.45, 7) is 5.54. The lowest BCUT2D eigenvalue weighted by Crippen LogP contribution is -2.73. The number of fused-ring (bicyclic) bond motifs is 2. The highest BCUT2D eigenvalue weighted by atomic mass is 19.1.